The van der Waals surface area contributed by atoms with Crippen LogP contribution in [-0.4, -0.2) is 16.1 Å². The first-order valence-electron chi connectivity index (χ1n) is 8.67. The maximum atomic E-state index is 6.05. The van der Waals surface area contributed by atoms with E-state index in [1.807, 2.05) is 19.1 Å². The van der Waals surface area contributed by atoms with Crippen LogP contribution in [0.2, 0.25) is 0 Å². The first-order chi connectivity index (χ1) is 12.3. The van der Waals surface area contributed by atoms with Gasteiger partial charge in [-0.15, -0.1) is 0 Å². The lowest BCUT2D eigenvalue weighted by molar-refractivity contribution is 0.406. The number of hydrogen-bond donors (Lipinski definition) is 0. The van der Waals surface area contributed by atoms with Crippen molar-refractivity contribution in [2.24, 2.45) is 0 Å². The molecule has 5 rings (SSSR count). The smallest absolute Gasteiger partial charge is 0.167 e. The minimum atomic E-state index is -0.0315. The fourth-order valence-electron chi connectivity index (χ4n) is 3.88. The lowest BCUT2D eigenvalue weighted by Gasteiger charge is -2.38. The molecule has 0 unspecified atom stereocenters. The van der Waals surface area contributed by atoms with Crippen LogP contribution in [0.4, 0.5) is 5.69 Å². The summed E-state index contributed by atoms with van der Waals surface area (Å²) in [6, 6.07) is 20.9. The summed E-state index contributed by atoms with van der Waals surface area (Å²) >= 11 is 0. The topological polar surface area (TPSA) is 34.2 Å². The van der Waals surface area contributed by atoms with Crippen molar-refractivity contribution in [2.75, 3.05) is 11.4 Å². The molecule has 4 heteroatoms. The van der Waals surface area contributed by atoms with Gasteiger partial charge in [0.1, 0.15) is 17.3 Å². The van der Waals surface area contributed by atoms with Gasteiger partial charge in [0.15, 0.2) is 6.17 Å². The maximum absolute atomic E-state index is 6.05. The molecule has 1 atom stereocenters. The van der Waals surface area contributed by atoms with E-state index in [0.717, 1.165) is 34.9 Å². The molecule has 4 nitrogen and oxygen atoms in total. The van der Waals surface area contributed by atoms with Crippen molar-refractivity contribution >= 4 is 16.7 Å². The molecule has 2 aromatic heterocycles. The zero-order valence-electron chi connectivity index (χ0n) is 14.3. The van der Waals surface area contributed by atoms with Crippen LogP contribution >= 0.6 is 0 Å². The van der Waals surface area contributed by atoms with E-state index >= 15 is 0 Å². The average molecular weight is 329 g/mol. The van der Waals surface area contributed by atoms with E-state index in [1.54, 1.807) is 0 Å². The van der Waals surface area contributed by atoms with Gasteiger partial charge in [-0.1, -0.05) is 24.3 Å². The highest BCUT2D eigenvalue weighted by atomic mass is 16.3. The Morgan fingerprint density at radius 2 is 1.80 bits per heavy atom. The lowest BCUT2D eigenvalue weighted by atomic mass is 10.1. The molecule has 4 aromatic rings. The molecule has 25 heavy (non-hydrogen) atoms. The Labute approximate surface area is 146 Å². The molecule has 0 N–H and O–H groups in total. The molecule has 124 valence electrons. The number of furan rings is 1. The Balaban J connectivity index is 1.88. The predicted molar refractivity (Wildman–Crippen MR) is 99.8 cm³/mol. The number of para-hydroxylation sites is 3. The maximum Gasteiger partial charge on any atom is 0.167 e. The largest absolute Gasteiger partial charge is 0.462 e. The second kappa shape index (κ2) is 5.24. The van der Waals surface area contributed by atoms with E-state index in [2.05, 4.69) is 64.9 Å². The predicted octanol–water partition coefficient (Wildman–Crippen LogP) is 4.99. The molecule has 0 amide bonds. The van der Waals surface area contributed by atoms with Gasteiger partial charge in [0.25, 0.3) is 0 Å². The van der Waals surface area contributed by atoms with Crippen molar-refractivity contribution in [1.29, 1.82) is 0 Å². The summed E-state index contributed by atoms with van der Waals surface area (Å²) in [5.74, 6) is 2.87. The molecule has 0 fully saturated rings. The zero-order valence-corrected chi connectivity index (χ0v) is 14.3. The van der Waals surface area contributed by atoms with Crippen LogP contribution in [-0.2, 0) is 0 Å². The number of anilines is 1. The van der Waals surface area contributed by atoms with Gasteiger partial charge in [0.2, 0.25) is 0 Å². The summed E-state index contributed by atoms with van der Waals surface area (Å²) in [6.45, 7) is 5.06. The van der Waals surface area contributed by atoms with Crippen molar-refractivity contribution in [3.8, 4) is 11.4 Å². The zero-order chi connectivity index (χ0) is 17.0. The van der Waals surface area contributed by atoms with Gasteiger partial charge in [0.05, 0.1) is 11.0 Å². The summed E-state index contributed by atoms with van der Waals surface area (Å²) in [6.07, 6.45) is -0.0315. The second-order valence-corrected chi connectivity index (χ2v) is 6.42. The Morgan fingerprint density at radius 1 is 1.00 bits per heavy atom. The van der Waals surface area contributed by atoms with Gasteiger partial charge in [0, 0.05) is 17.8 Å². The van der Waals surface area contributed by atoms with Crippen LogP contribution in [0.3, 0.4) is 0 Å². The number of aryl methyl sites for hydroxylation is 1. The van der Waals surface area contributed by atoms with Crippen molar-refractivity contribution in [2.45, 2.75) is 20.0 Å². The Kier molecular flexibility index (Phi) is 3.01. The third-order valence-corrected chi connectivity index (χ3v) is 4.95. The number of rotatable bonds is 2. The average Bonchev–Trinajstić information content (AvgIpc) is 3.24. The van der Waals surface area contributed by atoms with Gasteiger partial charge in [-0.25, -0.2) is 4.98 Å². The molecule has 1 aliphatic heterocycles. The van der Waals surface area contributed by atoms with E-state index in [4.69, 9.17) is 9.40 Å². The number of nitrogens with zero attached hydrogens (tertiary/aromatic N) is 3. The number of imidazole rings is 1. The highest BCUT2D eigenvalue weighted by Gasteiger charge is 2.35. The molecular weight excluding hydrogens is 310 g/mol. The van der Waals surface area contributed by atoms with Crippen LogP contribution in [0.15, 0.2) is 65.1 Å². The van der Waals surface area contributed by atoms with Crippen LogP contribution in [0.5, 0.6) is 0 Å². The molecule has 2 aromatic carbocycles. The first kappa shape index (κ1) is 14.3. The molecule has 3 heterocycles. The summed E-state index contributed by atoms with van der Waals surface area (Å²) in [7, 11) is 0. The minimum absolute atomic E-state index is 0.0315. The van der Waals surface area contributed by atoms with Crippen molar-refractivity contribution in [1.82, 2.24) is 9.55 Å². The Morgan fingerprint density at radius 3 is 2.60 bits per heavy atom. The Hall–Kier alpha value is -3.01. The van der Waals surface area contributed by atoms with Gasteiger partial charge >= 0.3 is 0 Å². The van der Waals surface area contributed by atoms with E-state index < -0.39 is 0 Å². The van der Waals surface area contributed by atoms with E-state index in [1.165, 1.54) is 11.3 Å². The fourth-order valence-corrected chi connectivity index (χ4v) is 3.88. The summed E-state index contributed by atoms with van der Waals surface area (Å²) in [4.78, 5) is 7.32. The number of fused-ring (bicyclic) bond motifs is 5. The van der Waals surface area contributed by atoms with Gasteiger partial charge < -0.3 is 9.32 Å². The summed E-state index contributed by atoms with van der Waals surface area (Å²) < 4.78 is 8.36. The Bertz CT molecular complexity index is 1080. The van der Waals surface area contributed by atoms with E-state index in [9.17, 15) is 0 Å². The van der Waals surface area contributed by atoms with Gasteiger partial charge in [-0.05, 0) is 50.2 Å². The van der Waals surface area contributed by atoms with E-state index in [-0.39, 0.29) is 6.17 Å². The molecular formula is C21H19N3O. The fraction of sp³-hybridized carbons (Fsp3) is 0.190. The number of aromatic nitrogens is 2. The normalized spacial score (nSPS) is 16.1. The SMILES string of the molecule is CCN1c2ccccc2-c2nc3ccccc3n2[C@H]1c1ccc(C)o1. The summed E-state index contributed by atoms with van der Waals surface area (Å²) in [5.41, 5.74) is 4.51. The molecule has 0 spiro atoms. The molecule has 0 saturated heterocycles. The van der Waals surface area contributed by atoms with Crippen molar-refractivity contribution < 1.29 is 4.42 Å². The standard InChI is InChI=1S/C21H19N3O/c1-3-23-17-10-6-4-8-15(17)20-22-16-9-5-7-11-18(16)24(20)21(23)19-13-12-14(2)25-19/h4-13,21H,3H2,1-2H3/t21-/m0/s1. The highest BCUT2D eigenvalue weighted by Crippen LogP contribution is 2.44. The van der Waals surface area contributed by atoms with Crippen LogP contribution in [0.25, 0.3) is 22.4 Å². The van der Waals surface area contributed by atoms with Crippen molar-refractivity contribution in [3.05, 3.63) is 72.2 Å². The number of benzene rings is 2. The summed E-state index contributed by atoms with van der Waals surface area (Å²) in [5, 5.41) is 0. The van der Waals surface area contributed by atoms with Crippen LogP contribution in [0.1, 0.15) is 24.6 Å². The molecule has 0 saturated carbocycles. The van der Waals surface area contributed by atoms with Crippen molar-refractivity contribution in [3.63, 3.8) is 0 Å². The quantitative estimate of drug-likeness (QED) is 0.519. The van der Waals surface area contributed by atoms with Gasteiger partial charge in [-0.3, -0.25) is 4.57 Å². The number of hydrogen-bond acceptors (Lipinski definition) is 3. The monoisotopic (exact) mass is 329 g/mol. The third kappa shape index (κ3) is 1.97. The minimum Gasteiger partial charge on any atom is -0.462 e. The first-order valence-corrected chi connectivity index (χ1v) is 8.67. The highest BCUT2D eigenvalue weighted by molar-refractivity contribution is 5.87. The second-order valence-electron chi connectivity index (χ2n) is 6.42. The van der Waals surface area contributed by atoms with Crippen LogP contribution < -0.4 is 4.90 Å². The molecule has 0 radical (unpaired) electrons. The van der Waals surface area contributed by atoms with Gasteiger partial charge in [-0.2, -0.15) is 0 Å². The van der Waals surface area contributed by atoms with Crippen LogP contribution in [0, 0.1) is 6.92 Å². The third-order valence-electron chi connectivity index (χ3n) is 4.95. The molecule has 0 aliphatic carbocycles. The van der Waals surface area contributed by atoms with E-state index in [0.29, 0.717) is 0 Å². The lowest BCUT2D eigenvalue weighted by Crippen LogP contribution is -2.36. The molecule has 1 aliphatic rings. The molecule has 0 bridgehead atoms.